The van der Waals surface area contributed by atoms with E-state index < -0.39 is 0 Å². The van der Waals surface area contributed by atoms with Crippen LogP contribution in [-0.2, 0) is 0 Å². The van der Waals surface area contributed by atoms with Gasteiger partial charge in [-0.15, -0.1) is 11.3 Å². The van der Waals surface area contributed by atoms with Crippen molar-refractivity contribution in [1.29, 1.82) is 0 Å². The van der Waals surface area contributed by atoms with Crippen LogP contribution < -0.4 is 15.2 Å². The number of benzene rings is 1. The van der Waals surface area contributed by atoms with Gasteiger partial charge >= 0.3 is 0 Å². The van der Waals surface area contributed by atoms with Crippen molar-refractivity contribution in [2.45, 2.75) is 12.8 Å². The van der Waals surface area contributed by atoms with E-state index in [0.717, 1.165) is 22.0 Å². The number of aromatic nitrogens is 1. The molecule has 0 radical (unpaired) electrons. The summed E-state index contributed by atoms with van der Waals surface area (Å²) in [6.45, 7) is 2.69. The second-order valence-corrected chi connectivity index (χ2v) is 5.17. The van der Waals surface area contributed by atoms with Crippen LogP contribution in [0.5, 0.6) is 11.5 Å². The maximum Gasteiger partial charge on any atom is 0.161 e. The first-order valence-electron chi connectivity index (χ1n) is 6.07. The molecule has 2 N–H and O–H groups in total. The van der Waals surface area contributed by atoms with Gasteiger partial charge in [0.2, 0.25) is 0 Å². The molecule has 0 aliphatic rings. The highest BCUT2D eigenvalue weighted by Crippen LogP contribution is 2.33. The van der Waals surface area contributed by atoms with Crippen molar-refractivity contribution < 1.29 is 9.47 Å². The smallest absolute Gasteiger partial charge is 0.161 e. The molecule has 4 nitrogen and oxygen atoms in total. The Morgan fingerprint density at radius 1 is 1.26 bits per heavy atom. The molecule has 0 saturated carbocycles. The van der Waals surface area contributed by atoms with Crippen LogP contribution in [0.25, 0.3) is 11.3 Å². The lowest BCUT2D eigenvalue weighted by Crippen LogP contribution is -2.08. The lowest BCUT2D eigenvalue weighted by atomic mass is 10.1. The Morgan fingerprint density at radius 2 is 2.00 bits per heavy atom. The number of rotatable bonds is 5. The van der Waals surface area contributed by atoms with E-state index in [1.54, 1.807) is 25.6 Å². The highest BCUT2D eigenvalue weighted by molar-refractivity contribution is 7.10. The van der Waals surface area contributed by atoms with E-state index in [-0.39, 0.29) is 0 Å². The van der Waals surface area contributed by atoms with Gasteiger partial charge in [0.05, 0.1) is 24.9 Å². The zero-order valence-corrected chi connectivity index (χ0v) is 12.2. The van der Waals surface area contributed by atoms with E-state index in [1.807, 2.05) is 23.6 Å². The summed E-state index contributed by atoms with van der Waals surface area (Å²) < 4.78 is 10.5. The van der Waals surface area contributed by atoms with Crippen LogP contribution >= 0.6 is 11.3 Å². The molecule has 0 saturated heterocycles. The second kappa shape index (κ2) is 6.04. The standard InChI is InChI=1S/C14H18N2O2S/c1-9(7-15)14-16-11(8-19-14)10-4-5-12(17-2)13(6-10)18-3/h4-6,8-9H,7,15H2,1-3H3. The Morgan fingerprint density at radius 3 is 2.63 bits per heavy atom. The van der Waals surface area contributed by atoms with Crippen LogP contribution in [0.3, 0.4) is 0 Å². The summed E-state index contributed by atoms with van der Waals surface area (Å²) in [6, 6.07) is 5.80. The number of thiazole rings is 1. The third-order valence-corrected chi connectivity index (χ3v) is 4.05. The average molecular weight is 278 g/mol. The minimum atomic E-state index is 0.291. The maximum absolute atomic E-state index is 5.67. The maximum atomic E-state index is 5.67. The van der Waals surface area contributed by atoms with Crippen LogP contribution in [0.15, 0.2) is 23.6 Å². The van der Waals surface area contributed by atoms with Crippen LogP contribution in [0.2, 0.25) is 0 Å². The van der Waals surface area contributed by atoms with Crippen molar-refractivity contribution in [3.63, 3.8) is 0 Å². The SMILES string of the molecule is COc1ccc(-c2csc(C(C)CN)n2)cc1OC. The first-order valence-corrected chi connectivity index (χ1v) is 6.95. The van der Waals surface area contributed by atoms with Crippen LogP contribution in [0.1, 0.15) is 17.8 Å². The van der Waals surface area contributed by atoms with Crippen LogP contribution in [0.4, 0.5) is 0 Å². The number of nitrogens with two attached hydrogens (primary N) is 1. The van der Waals surface area contributed by atoms with Crippen LogP contribution in [-0.4, -0.2) is 25.7 Å². The van der Waals surface area contributed by atoms with Gasteiger partial charge in [0.15, 0.2) is 11.5 Å². The molecule has 1 atom stereocenters. The molecule has 0 fully saturated rings. The molecule has 0 spiro atoms. The monoisotopic (exact) mass is 278 g/mol. The number of ether oxygens (including phenoxy) is 2. The summed E-state index contributed by atoms with van der Waals surface area (Å²) in [5.74, 6) is 1.72. The average Bonchev–Trinajstić information content (AvgIpc) is 2.95. The molecule has 0 aliphatic heterocycles. The Kier molecular flexibility index (Phi) is 4.39. The Balaban J connectivity index is 2.34. The first-order chi connectivity index (χ1) is 9.19. The molecule has 102 valence electrons. The molecule has 19 heavy (non-hydrogen) atoms. The molecule has 1 aromatic carbocycles. The van der Waals surface area contributed by atoms with Gasteiger partial charge < -0.3 is 15.2 Å². The Labute approximate surface area is 117 Å². The van der Waals surface area contributed by atoms with Crippen molar-refractivity contribution in [3.8, 4) is 22.8 Å². The van der Waals surface area contributed by atoms with Crippen molar-refractivity contribution in [2.24, 2.45) is 5.73 Å². The van der Waals surface area contributed by atoms with Crippen molar-refractivity contribution in [3.05, 3.63) is 28.6 Å². The molecule has 1 heterocycles. The van der Waals surface area contributed by atoms with Crippen molar-refractivity contribution in [1.82, 2.24) is 4.98 Å². The molecule has 1 aromatic heterocycles. The number of hydrogen-bond acceptors (Lipinski definition) is 5. The topological polar surface area (TPSA) is 57.4 Å². The molecular formula is C14H18N2O2S. The predicted molar refractivity (Wildman–Crippen MR) is 78.1 cm³/mol. The quantitative estimate of drug-likeness (QED) is 0.913. The Hall–Kier alpha value is -1.59. The summed E-state index contributed by atoms with van der Waals surface area (Å²) in [5.41, 5.74) is 7.63. The number of nitrogens with zero attached hydrogens (tertiary/aromatic N) is 1. The fourth-order valence-electron chi connectivity index (χ4n) is 1.74. The fourth-order valence-corrected chi connectivity index (χ4v) is 2.64. The third kappa shape index (κ3) is 2.88. The molecule has 1 unspecified atom stereocenters. The van der Waals surface area contributed by atoms with Gasteiger partial charge in [-0.05, 0) is 18.2 Å². The first kappa shape index (κ1) is 13.8. The second-order valence-electron chi connectivity index (χ2n) is 4.28. The molecule has 0 bridgehead atoms. The summed E-state index contributed by atoms with van der Waals surface area (Å²) in [6.07, 6.45) is 0. The minimum Gasteiger partial charge on any atom is -0.493 e. The molecule has 5 heteroatoms. The molecule has 2 rings (SSSR count). The van der Waals surface area contributed by atoms with Crippen molar-refractivity contribution >= 4 is 11.3 Å². The lowest BCUT2D eigenvalue weighted by Gasteiger charge is -2.08. The zero-order valence-electron chi connectivity index (χ0n) is 11.3. The van der Waals surface area contributed by atoms with Gasteiger partial charge in [-0.1, -0.05) is 6.92 Å². The molecule has 0 amide bonds. The molecule has 0 aliphatic carbocycles. The molecular weight excluding hydrogens is 260 g/mol. The van der Waals surface area contributed by atoms with E-state index in [1.165, 1.54) is 0 Å². The predicted octanol–water partition coefficient (Wildman–Crippen LogP) is 2.89. The van der Waals surface area contributed by atoms with Crippen molar-refractivity contribution in [2.75, 3.05) is 20.8 Å². The van der Waals surface area contributed by atoms with Crippen LogP contribution in [0, 0.1) is 0 Å². The fraction of sp³-hybridized carbons (Fsp3) is 0.357. The highest BCUT2D eigenvalue weighted by Gasteiger charge is 2.12. The van der Waals surface area contributed by atoms with E-state index in [2.05, 4.69) is 11.9 Å². The van der Waals surface area contributed by atoms with Gasteiger partial charge in [-0.2, -0.15) is 0 Å². The Bertz CT molecular complexity index is 554. The highest BCUT2D eigenvalue weighted by atomic mass is 32.1. The number of methoxy groups -OCH3 is 2. The van der Waals surface area contributed by atoms with E-state index >= 15 is 0 Å². The van der Waals surface area contributed by atoms with Gasteiger partial charge in [-0.3, -0.25) is 0 Å². The van der Waals surface area contributed by atoms with Gasteiger partial charge in [0.1, 0.15) is 0 Å². The number of hydrogen-bond donors (Lipinski definition) is 1. The van der Waals surface area contributed by atoms with E-state index in [9.17, 15) is 0 Å². The molecule has 2 aromatic rings. The zero-order chi connectivity index (χ0) is 13.8. The third-order valence-electron chi connectivity index (χ3n) is 2.98. The lowest BCUT2D eigenvalue weighted by molar-refractivity contribution is 0.355. The summed E-state index contributed by atoms with van der Waals surface area (Å²) >= 11 is 1.64. The minimum absolute atomic E-state index is 0.291. The summed E-state index contributed by atoms with van der Waals surface area (Å²) in [5, 5.41) is 3.11. The van der Waals surface area contributed by atoms with Gasteiger partial charge in [-0.25, -0.2) is 4.98 Å². The summed E-state index contributed by atoms with van der Waals surface area (Å²) in [4.78, 5) is 4.62. The van der Waals surface area contributed by atoms with Gasteiger partial charge in [0, 0.05) is 23.4 Å². The largest absolute Gasteiger partial charge is 0.493 e. The summed E-state index contributed by atoms with van der Waals surface area (Å²) in [7, 11) is 3.26. The van der Waals surface area contributed by atoms with Gasteiger partial charge in [0.25, 0.3) is 0 Å². The van der Waals surface area contributed by atoms with E-state index in [0.29, 0.717) is 18.2 Å². The van der Waals surface area contributed by atoms with E-state index in [4.69, 9.17) is 15.2 Å². The normalized spacial score (nSPS) is 12.2.